The van der Waals surface area contributed by atoms with Crippen LogP contribution in [0.5, 0.6) is 0 Å². The summed E-state index contributed by atoms with van der Waals surface area (Å²) in [4.78, 5) is 12.7. The lowest BCUT2D eigenvalue weighted by atomic mass is 10.1. The Morgan fingerprint density at radius 3 is 2.58 bits per heavy atom. The van der Waals surface area contributed by atoms with E-state index in [-0.39, 0.29) is 0 Å². The van der Waals surface area contributed by atoms with Crippen molar-refractivity contribution in [2.45, 2.75) is 20.3 Å². The van der Waals surface area contributed by atoms with E-state index >= 15 is 0 Å². The van der Waals surface area contributed by atoms with E-state index in [0.29, 0.717) is 0 Å². The average Bonchev–Trinajstić information content (AvgIpc) is 2.91. The fourth-order valence-corrected chi connectivity index (χ4v) is 3.18. The van der Waals surface area contributed by atoms with E-state index in [2.05, 4.69) is 38.5 Å². The standard InChI is InChI=1S/C15H17N3S/c1-11-10-12(2)17-15(16-11)18-7-5-13(6-8-18)14-4-3-9-19-14/h3-5,9-10H,6-8H2,1-2H3. The minimum Gasteiger partial charge on any atom is -0.337 e. The number of thiophene rings is 1. The average molecular weight is 271 g/mol. The Kier molecular flexibility index (Phi) is 3.34. The second-order valence-corrected chi connectivity index (χ2v) is 5.80. The summed E-state index contributed by atoms with van der Waals surface area (Å²) in [5, 5.41) is 2.13. The summed E-state index contributed by atoms with van der Waals surface area (Å²) in [6.45, 7) is 5.94. The van der Waals surface area contributed by atoms with E-state index in [1.165, 1.54) is 10.5 Å². The van der Waals surface area contributed by atoms with Crippen molar-refractivity contribution in [3.63, 3.8) is 0 Å². The zero-order chi connectivity index (χ0) is 13.2. The summed E-state index contributed by atoms with van der Waals surface area (Å²) < 4.78 is 0. The van der Waals surface area contributed by atoms with Crippen molar-refractivity contribution >= 4 is 22.9 Å². The first-order valence-electron chi connectivity index (χ1n) is 6.52. The molecule has 0 radical (unpaired) electrons. The molecule has 3 heterocycles. The topological polar surface area (TPSA) is 29.0 Å². The molecule has 0 N–H and O–H groups in total. The third-order valence-electron chi connectivity index (χ3n) is 3.30. The van der Waals surface area contributed by atoms with Crippen LogP contribution in [0.15, 0.2) is 29.7 Å². The van der Waals surface area contributed by atoms with Gasteiger partial charge in [-0.05, 0) is 43.4 Å². The molecule has 0 atom stereocenters. The molecule has 0 saturated heterocycles. The lowest BCUT2D eigenvalue weighted by molar-refractivity contribution is 0.789. The van der Waals surface area contributed by atoms with Crippen LogP contribution in [-0.4, -0.2) is 23.1 Å². The largest absolute Gasteiger partial charge is 0.337 e. The number of aryl methyl sites for hydroxylation is 2. The minimum atomic E-state index is 0.860. The van der Waals surface area contributed by atoms with E-state index < -0.39 is 0 Å². The smallest absolute Gasteiger partial charge is 0.226 e. The van der Waals surface area contributed by atoms with Crippen molar-refractivity contribution < 1.29 is 0 Å². The normalized spacial score (nSPS) is 15.5. The SMILES string of the molecule is Cc1cc(C)nc(N2CC=C(c3cccs3)CC2)n1. The summed E-state index contributed by atoms with van der Waals surface area (Å²) in [6, 6.07) is 6.32. The number of rotatable bonds is 2. The fourth-order valence-electron chi connectivity index (χ4n) is 2.38. The van der Waals surface area contributed by atoms with Gasteiger partial charge in [-0.1, -0.05) is 12.1 Å². The highest BCUT2D eigenvalue weighted by molar-refractivity contribution is 7.11. The van der Waals surface area contributed by atoms with E-state index in [1.54, 1.807) is 0 Å². The first-order chi connectivity index (χ1) is 9.22. The second kappa shape index (κ2) is 5.13. The molecule has 2 aromatic heterocycles. The van der Waals surface area contributed by atoms with Gasteiger partial charge in [0.1, 0.15) is 0 Å². The van der Waals surface area contributed by atoms with Crippen LogP contribution in [0, 0.1) is 13.8 Å². The molecule has 0 aliphatic carbocycles. The molecule has 0 amide bonds. The maximum Gasteiger partial charge on any atom is 0.226 e. The summed E-state index contributed by atoms with van der Waals surface area (Å²) in [5.74, 6) is 0.860. The van der Waals surface area contributed by atoms with E-state index in [0.717, 1.165) is 36.8 Å². The molecular formula is C15H17N3S. The van der Waals surface area contributed by atoms with Crippen LogP contribution in [0.2, 0.25) is 0 Å². The highest BCUT2D eigenvalue weighted by atomic mass is 32.1. The van der Waals surface area contributed by atoms with Crippen LogP contribution < -0.4 is 4.90 Å². The molecular weight excluding hydrogens is 254 g/mol. The zero-order valence-electron chi connectivity index (χ0n) is 11.3. The van der Waals surface area contributed by atoms with Gasteiger partial charge in [-0.2, -0.15) is 0 Å². The number of nitrogens with zero attached hydrogens (tertiary/aromatic N) is 3. The summed E-state index contributed by atoms with van der Waals surface area (Å²) >= 11 is 1.81. The van der Waals surface area contributed by atoms with E-state index in [4.69, 9.17) is 0 Å². The highest BCUT2D eigenvalue weighted by Gasteiger charge is 2.16. The van der Waals surface area contributed by atoms with Gasteiger partial charge in [0.2, 0.25) is 5.95 Å². The lowest BCUT2D eigenvalue weighted by Gasteiger charge is -2.26. The van der Waals surface area contributed by atoms with E-state index in [1.807, 2.05) is 31.3 Å². The van der Waals surface area contributed by atoms with Crippen molar-refractivity contribution in [3.05, 3.63) is 45.9 Å². The molecule has 1 aliphatic heterocycles. The molecule has 3 rings (SSSR count). The Morgan fingerprint density at radius 1 is 1.21 bits per heavy atom. The van der Waals surface area contributed by atoms with Crippen molar-refractivity contribution in [3.8, 4) is 0 Å². The quantitative estimate of drug-likeness (QED) is 0.837. The predicted octanol–water partition coefficient (Wildman–Crippen LogP) is 3.45. The van der Waals surface area contributed by atoms with Crippen LogP contribution in [-0.2, 0) is 0 Å². The number of aromatic nitrogens is 2. The third-order valence-corrected chi connectivity index (χ3v) is 4.25. The van der Waals surface area contributed by atoms with Gasteiger partial charge in [-0.3, -0.25) is 0 Å². The third kappa shape index (κ3) is 2.68. The molecule has 0 unspecified atom stereocenters. The second-order valence-electron chi connectivity index (χ2n) is 4.85. The molecule has 0 spiro atoms. The Labute approximate surface area is 117 Å². The zero-order valence-corrected chi connectivity index (χ0v) is 12.1. The predicted molar refractivity (Wildman–Crippen MR) is 80.6 cm³/mol. The number of hydrogen-bond donors (Lipinski definition) is 0. The molecule has 0 saturated carbocycles. The summed E-state index contributed by atoms with van der Waals surface area (Å²) in [7, 11) is 0. The van der Waals surface area contributed by atoms with E-state index in [9.17, 15) is 0 Å². The number of hydrogen-bond acceptors (Lipinski definition) is 4. The Morgan fingerprint density at radius 2 is 2.00 bits per heavy atom. The molecule has 0 aromatic carbocycles. The monoisotopic (exact) mass is 271 g/mol. The maximum absolute atomic E-state index is 4.53. The van der Waals surface area contributed by atoms with Crippen LogP contribution in [0.4, 0.5) is 5.95 Å². The van der Waals surface area contributed by atoms with Crippen LogP contribution >= 0.6 is 11.3 Å². The molecule has 98 valence electrons. The van der Waals surface area contributed by atoms with Gasteiger partial charge in [0, 0.05) is 29.4 Å². The van der Waals surface area contributed by atoms with Crippen molar-refractivity contribution in [1.82, 2.24) is 9.97 Å². The summed E-state index contributed by atoms with van der Waals surface area (Å²) in [5.41, 5.74) is 3.53. The van der Waals surface area contributed by atoms with Gasteiger partial charge in [-0.15, -0.1) is 11.3 Å². The summed E-state index contributed by atoms with van der Waals surface area (Å²) in [6.07, 6.45) is 3.37. The van der Waals surface area contributed by atoms with Crippen molar-refractivity contribution in [1.29, 1.82) is 0 Å². The van der Waals surface area contributed by atoms with Crippen LogP contribution in [0.1, 0.15) is 22.7 Å². The van der Waals surface area contributed by atoms with Gasteiger partial charge in [0.25, 0.3) is 0 Å². The molecule has 2 aromatic rings. The van der Waals surface area contributed by atoms with Gasteiger partial charge in [0.15, 0.2) is 0 Å². The molecule has 0 fully saturated rings. The van der Waals surface area contributed by atoms with Crippen molar-refractivity contribution in [2.24, 2.45) is 0 Å². The van der Waals surface area contributed by atoms with Gasteiger partial charge >= 0.3 is 0 Å². The Balaban J connectivity index is 1.79. The maximum atomic E-state index is 4.53. The lowest BCUT2D eigenvalue weighted by Crippen LogP contribution is -2.30. The van der Waals surface area contributed by atoms with Crippen LogP contribution in [0.3, 0.4) is 0 Å². The highest BCUT2D eigenvalue weighted by Crippen LogP contribution is 2.27. The van der Waals surface area contributed by atoms with Gasteiger partial charge < -0.3 is 4.90 Å². The Bertz CT molecular complexity index is 582. The molecule has 1 aliphatic rings. The molecule has 4 heteroatoms. The van der Waals surface area contributed by atoms with Gasteiger partial charge in [0.05, 0.1) is 0 Å². The molecule has 19 heavy (non-hydrogen) atoms. The van der Waals surface area contributed by atoms with Gasteiger partial charge in [-0.25, -0.2) is 9.97 Å². The fraction of sp³-hybridized carbons (Fsp3) is 0.333. The molecule has 3 nitrogen and oxygen atoms in total. The minimum absolute atomic E-state index is 0.860. The first kappa shape index (κ1) is 12.4. The number of anilines is 1. The Hall–Kier alpha value is -1.68. The van der Waals surface area contributed by atoms with Crippen molar-refractivity contribution in [2.75, 3.05) is 18.0 Å². The first-order valence-corrected chi connectivity index (χ1v) is 7.40. The van der Waals surface area contributed by atoms with Crippen LogP contribution in [0.25, 0.3) is 5.57 Å². The molecule has 0 bridgehead atoms.